The first-order chi connectivity index (χ1) is 13.5. The Balaban J connectivity index is 2.09. The van der Waals surface area contributed by atoms with Gasteiger partial charge in [-0.25, -0.2) is 5.48 Å². The molecule has 28 heavy (non-hydrogen) atoms. The van der Waals surface area contributed by atoms with Gasteiger partial charge in [0.25, 0.3) is 5.91 Å². The molecule has 3 rings (SSSR count). The van der Waals surface area contributed by atoms with Crippen LogP contribution in [0, 0.1) is 12.8 Å². The number of rotatable bonds is 6. The van der Waals surface area contributed by atoms with E-state index in [0.29, 0.717) is 11.5 Å². The van der Waals surface area contributed by atoms with Crippen molar-refractivity contribution in [1.82, 2.24) is 10.8 Å². The average Bonchev–Trinajstić information content (AvgIpc) is 2.72. The first-order valence-corrected chi connectivity index (χ1v) is 10.0. The summed E-state index contributed by atoms with van der Waals surface area (Å²) in [5.41, 5.74) is 7.59. The largest absolute Gasteiger partial charge is 0.391 e. The molecule has 1 heterocycles. The predicted molar refractivity (Wildman–Crippen MR) is 113 cm³/mol. The van der Waals surface area contributed by atoms with E-state index in [1.807, 2.05) is 24.3 Å². The average molecular weight is 399 g/mol. The smallest absolute Gasteiger partial charge is 0.274 e. The molecule has 148 valence electrons. The Morgan fingerprint density at radius 3 is 2.86 bits per heavy atom. The number of amides is 1. The van der Waals surface area contributed by atoms with Crippen molar-refractivity contribution in [3.63, 3.8) is 0 Å². The molecule has 1 aliphatic rings. The van der Waals surface area contributed by atoms with Gasteiger partial charge in [-0.3, -0.25) is 9.63 Å². The number of nitrogens with one attached hydrogen (secondary N) is 2. The lowest BCUT2D eigenvalue weighted by atomic mass is 9.78. The van der Waals surface area contributed by atoms with Gasteiger partial charge < -0.3 is 5.32 Å². The Bertz CT molecular complexity index is 879. The second-order valence-electron chi connectivity index (χ2n) is 7.25. The van der Waals surface area contributed by atoms with Crippen LogP contribution in [0.15, 0.2) is 54.2 Å². The van der Waals surface area contributed by atoms with Gasteiger partial charge in [-0.15, -0.1) is 0 Å². The van der Waals surface area contributed by atoms with Crippen LogP contribution in [-0.4, -0.2) is 19.6 Å². The summed E-state index contributed by atoms with van der Waals surface area (Å²) in [6.45, 7) is 5.28. The maximum absolute atomic E-state index is 12.3. The highest BCUT2D eigenvalue weighted by molar-refractivity contribution is 6.31. The summed E-state index contributed by atoms with van der Waals surface area (Å²) in [6, 6.07) is 13.8. The minimum Gasteiger partial charge on any atom is -0.391 e. The minimum absolute atomic E-state index is 0.0378. The van der Waals surface area contributed by atoms with Crippen molar-refractivity contribution in [3.8, 4) is 0 Å². The number of hydrogen-bond donors (Lipinski definition) is 2. The second kappa shape index (κ2) is 9.26. The summed E-state index contributed by atoms with van der Waals surface area (Å²) >= 11 is 6.45. The zero-order valence-electron chi connectivity index (χ0n) is 16.6. The molecular formula is C23H27ClN2O2. The van der Waals surface area contributed by atoms with Crippen LogP contribution < -0.4 is 10.8 Å². The number of allylic oxidation sites excluding steroid dienone is 1. The summed E-state index contributed by atoms with van der Waals surface area (Å²) in [4.78, 5) is 17.1. The van der Waals surface area contributed by atoms with Gasteiger partial charge in [0.15, 0.2) is 0 Å². The van der Waals surface area contributed by atoms with Gasteiger partial charge in [-0.1, -0.05) is 49.2 Å². The zero-order valence-corrected chi connectivity index (χ0v) is 17.3. The lowest BCUT2D eigenvalue weighted by Crippen LogP contribution is -2.26. The quantitative estimate of drug-likeness (QED) is 0.675. The molecule has 0 aliphatic carbocycles. The van der Waals surface area contributed by atoms with Crippen LogP contribution in [-0.2, 0) is 4.84 Å². The van der Waals surface area contributed by atoms with E-state index >= 15 is 0 Å². The number of hydroxylamine groups is 1. The third kappa shape index (κ3) is 4.40. The number of halogens is 1. The molecule has 0 aromatic heterocycles. The van der Waals surface area contributed by atoms with Crippen LogP contribution in [0.2, 0.25) is 5.02 Å². The molecule has 2 N–H and O–H groups in total. The summed E-state index contributed by atoms with van der Waals surface area (Å²) in [5, 5.41) is 4.21. The maximum Gasteiger partial charge on any atom is 0.274 e. The van der Waals surface area contributed by atoms with Crippen molar-refractivity contribution in [2.45, 2.75) is 32.6 Å². The van der Waals surface area contributed by atoms with Crippen molar-refractivity contribution >= 4 is 17.5 Å². The first-order valence-electron chi connectivity index (χ1n) is 9.65. The summed E-state index contributed by atoms with van der Waals surface area (Å²) in [5.74, 6) is 0.380. The molecule has 2 atom stereocenters. The van der Waals surface area contributed by atoms with Gasteiger partial charge in [0.1, 0.15) is 0 Å². The fourth-order valence-electron chi connectivity index (χ4n) is 3.85. The van der Waals surface area contributed by atoms with E-state index in [1.165, 1.54) is 18.2 Å². The molecule has 2 aromatic rings. The number of hydrogen-bond acceptors (Lipinski definition) is 3. The lowest BCUT2D eigenvalue weighted by molar-refractivity contribution is 0.0537. The van der Waals surface area contributed by atoms with Gasteiger partial charge in [-0.2, -0.15) is 0 Å². The van der Waals surface area contributed by atoms with Crippen LogP contribution in [0.1, 0.15) is 52.7 Å². The molecule has 2 aromatic carbocycles. The van der Waals surface area contributed by atoms with Gasteiger partial charge in [0, 0.05) is 23.0 Å². The third-order valence-corrected chi connectivity index (χ3v) is 5.87. The molecule has 0 radical (unpaired) electrons. The molecule has 4 nitrogen and oxygen atoms in total. The van der Waals surface area contributed by atoms with Crippen LogP contribution in [0.5, 0.6) is 0 Å². The van der Waals surface area contributed by atoms with Gasteiger partial charge >= 0.3 is 0 Å². The fourth-order valence-corrected chi connectivity index (χ4v) is 4.03. The summed E-state index contributed by atoms with van der Waals surface area (Å²) < 4.78 is 0. The Morgan fingerprint density at radius 2 is 2.11 bits per heavy atom. The first kappa shape index (κ1) is 20.4. The molecule has 5 heteroatoms. The number of carbonyl (C=O) groups is 1. The van der Waals surface area contributed by atoms with E-state index < -0.39 is 0 Å². The van der Waals surface area contributed by atoms with E-state index in [9.17, 15) is 4.79 Å². The van der Waals surface area contributed by atoms with E-state index in [2.05, 4.69) is 43.0 Å². The predicted octanol–water partition coefficient (Wildman–Crippen LogP) is 4.97. The van der Waals surface area contributed by atoms with Crippen molar-refractivity contribution in [3.05, 3.63) is 81.5 Å². The Labute approximate surface area is 171 Å². The minimum atomic E-state index is -0.256. The van der Waals surface area contributed by atoms with Crippen molar-refractivity contribution in [2.75, 3.05) is 13.7 Å². The van der Waals surface area contributed by atoms with E-state index in [1.54, 1.807) is 6.07 Å². The maximum atomic E-state index is 12.3. The normalized spacial score (nSPS) is 17.4. The summed E-state index contributed by atoms with van der Waals surface area (Å²) in [6.07, 6.45) is 4.29. The molecule has 2 unspecified atom stereocenters. The molecule has 0 saturated heterocycles. The van der Waals surface area contributed by atoms with Crippen LogP contribution >= 0.6 is 11.6 Å². The Hall–Kier alpha value is -2.30. The monoisotopic (exact) mass is 398 g/mol. The van der Waals surface area contributed by atoms with Gasteiger partial charge in [0.2, 0.25) is 0 Å². The van der Waals surface area contributed by atoms with Gasteiger partial charge in [0.05, 0.1) is 7.11 Å². The van der Waals surface area contributed by atoms with Crippen LogP contribution in [0.4, 0.5) is 0 Å². The highest BCUT2D eigenvalue weighted by Gasteiger charge is 2.26. The van der Waals surface area contributed by atoms with Gasteiger partial charge in [-0.05, 0) is 65.9 Å². The third-order valence-electron chi connectivity index (χ3n) is 5.46. The topological polar surface area (TPSA) is 50.4 Å². The zero-order chi connectivity index (χ0) is 20.1. The standard InChI is InChI=1S/C23H27ClN2O2/c1-4-16-11-19(14-25-13-16)22(20-9-6-10-21(24)15(20)2)17-7-5-8-18(12-17)23(27)26-28-3/h5-10,12,14,16,22,25H,4,11,13H2,1-3H3,(H,26,27). The molecule has 1 amide bonds. The van der Waals surface area contributed by atoms with E-state index in [0.717, 1.165) is 35.5 Å². The lowest BCUT2D eigenvalue weighted by Gasteiger charge is -2.30. The number of carbonyl (C=O) groups excluding carboxylic acids is 1. The Morgan fingerprint density at radius 1 is 1.32 bits per heavy atom. The van der Waals surface area contributed by atoms with E-state index in [-0.39, 0.29) is 11.8 Å². The molecule has 0 spiro atoms. The highest BCUT2D eigenvalue weighted by atomic mass is 35.5. The Kier molecular flexibility index (Phi) is 6.76. The molecular weight excluding hydrogens is 372 g/mol. The molecule has 0 saturated carbocycles. The van der Waals surface area contributed by atoms with Crippen molar-refractivity contribution in [1.29, 1.82) is 0 Å². The molecule has 0 bridgehead atoms. The number of benzene rings is 2. The highest BCUT2D eigenvalue weighted by Crippen LogP contribution is 2.39. The van der Waals surface area contributed by atoms with Crippen molar-refractivity contribution < 1.29 is 9.63 Å². The van der Waals surface area contributed by atoms with E-state index in [4.69, 9.17) is 16.4 Å². The summed E-state index contributed by atoms with van der Waals surface area (Å²) in [7, 11) is 1.43. The SMILES string of the molecule is CCC1CNC=C(C(c2cccc(C(=O)NOC)c2)c2cccc(Cl)c2C)C1. The molecule has 1 aliphatic heterocycles. The second-order valence-corrected chi connectivity index (χ2v) is 7.66. The van der Waals surface area contributed by atoms with Crippen molar-refractivity contribution in [2.24, 2.45) is 5.92 Å². The molecule has 0 fully saturated rings. The fraction of sp³-hybridized carbons (Fsp3) is 0.348. The van der Waals surface area contributed by atoms with Crippen LogP contribution in [0.25, 0.3) is 0 Å². The van der Waals surface area contributed by atoms with Crippen LogP contribution in [0.3, 0.4) is 0 Å².